The summed E-state index contributed by atoms with van der Waals surface area (Å²) in [5.41, 5.74) is 0.0511. The van der Waals surface area contributed by atoms with Crippen molar-refractivity contribution in [2.75, 3.05) is 18.4 Å². The predicted molar refractivity (Wildman–Crippen MR) is 67.5 cm³/mol. The second-order valence-electron chi connectivity index (χ2n) is 5.45. The van der Waals surface area contributed by atoms with E-state index in [1.54, 1.807) is 4.90 Å². The van der Waals surface area contributed by atoms with E-state index in [1.165, 1.54) is 0 Å². The second kappa shape index (κ2) is 5.91. The molecule has 0 aliphatic heterocycles. The number of hydrogen-bond acceptors (Lipinski definition) is 1. The molecule has 0 unspecified atom stereocenters. The van der Waals surface area contributed by atoms with Crippen molar-refractivity contribution in [3.8, 4) is 0 Å². The van der Waals surface area contributed by atoms with Gasteiger partial charge in [-0.2, -0.15) is 13.2 Å². The van der Waals surface area contributed by atoms with Crippen LogP contribution < -0.4 is 0 Å². The highest BCUT2D eigenvalue weighted by molar-refractivity contribution is 9.09. The summed E-state index contributed by atoms with van der Waals surface area (Å²) in [6, 6.07) is -0.0619. The molecule has 0 N–H and O–H groups in total. The van der Waals surface area contributed by atoms with Crippen molar-refractivity contribution < 1.29 is 13.2 Å². The summed E-state index contributed by atoms with van der Waals surface area (Å²) in [5.74, 6) is 0. The number of alkyl halides is 4. The lowest BCUT2D eigenvalue weighted by atomic mass is 9.87. The summed E-state index contributed by atoms with van der Waals surface area (Å²) in [4.78, 5) is 1.56. The molecular formula is C12H21BrF3N. The van der Waals surface area contributed by atoms with E-state index in [-0.39, 0.29) is 11.5 Å². The Morgan fingerprint density at radius 2 is 1.76 bits per heavy atom. The lowest BCUT2D eigenvalue weighted by Gasteiger charge is -2.36. The maximum atomic E-state index is 12.5. The molecule has 0 aromatic heterocycles. The Kier molecular flexibility index (Phi) is 5.32. The zero-order chi connectivity index (χ0) is 13.1. The molecule has 1 saturated carbocycles. The number of nitrogens with zero attached hydrogens (tertiary/aromatic N) is 1. The monoisotopic (exact) mass is 315 g/mol. The van der Waals surface area contributed by atoms with Crippen LogP contribution in [-0.2, 0) is 0 Å². The smallest absolute Gasteiger partial charge is 0.292 e. The van der Waals surface area contributed by atoms with Crippen molar-refractivity contribution in [3.63, 3.8) is 0 Å². The fourth-order valence-electron chi connectivity index (χ4n) is 2.54. The molecule has 0 heterocycles. The van der Waals surface area contributed by atoms with Crippen molar-refractivity contribution >= 4 is 15.9 Å². The third-order valence-electron chi connectivity index (χ3n) is 3.60. The first-order valence-electron chi connectivity index (χ1n) is 6.15. The van der Waals surface area contributed by atoms with E-state index in [2.05, 4.69) is 15.9 Å². The van der Waals surface area contributed by atoms with Gasteiger partial charge in [0.25, 0.3) is 0 Å². The molecule has 1 nitrogen and oxygen atoms in total. The van der Waals surface area contributed by atoms with Gasteiger partial charge in [0.2, 0.25) is 0 Å². The molecule has 1 fully saturated rings. The maximum absolute atomic E-state index is 12.5. The van der Waals surface area contributed by atoms with E-state index in [0.717, 1.165) is 31.0 Å². The molecule has 1 aliphatic carbocycles. The Labute approximate surface area is 110 Å². The van der Waals surface area contributed by atoms with Crippen LogP contribution in [0.1, 0.15) is 39.5 Å². The van der Waals surface area contributed by atoms with Crippen LogP contribution in [0.15, 0.2) is 0 Å². The molecule has 0 bridgehead atoms. The zero-order valence-corrected chi connectivity index (χ0v) is 12.1. The van der Waals surface area contributed by atoms with Gasteiger partial charge in [-0.3, -0.25) is 4.90 Å². The molecular weight excluding hydrogens is 295 g/mol. The lowest BCUT2D eigenvalue weighted by molar-refractivity contribution is -0.152. The van der Waals surface area contributed by atoms with E-state index < -0.39 is 12.7 Å². The molecule has 0 amide bonds. The lowest BCUT2D eigenvalue weighted by Crippen LogP contribution is -2.45. The van der Waals surface area contributed by atoms with Gasteiger partial charge in [-0.05, 0) is 32.1 Å². The molecule has 1 rings (SSSR count). The largest absolute Gasteiger partial charge is 0.401 e. The number of halogens is 4. The van der Waals surface area contributed by atoms with Gasteiger partial charge in [0, 0.05) is 17.9 Å². The van der Waals surface area contributed by atoms with E-state index in [9.17, 15) is 13.2 Å². The van der Waals surface area contributed by atoms with Crippen molar-refractivity contribution in [3.05, 3.63) is 0 Å². The van der Waals surface area contributed by atoms with E-state index in [1.807, 2.05) is 13.8 Å². The molecule has 102 valence electrons. The minimum Gasteiger partial charge on any atom is -0.292 e. The first-order chi connectivity index (χ1) is 7.78. The van der Waals surface area contributed by atoms with Gasteiger partial charge >= 0.3 is 6.18 Å². The highest BCUT2D eigenvalue weighted by Crippen LogP contribution is 2.41. The maximum Gasteiger partial charge on any atom is 0.401 e. The van der Waals surface area contributed by atoms with Gasteiger partial charge < -0.3 is 0 Å². The van der Waals surface area contributed by atoms with Gasteiger partial charge in [-0.15, -0.1) is 0 Å². The zero-order valence-electron chi connectivity index (χ0n) is 10.5. The van der Waals surface area contributed by atoms with Gasteiger partial charge in [0.1, 0.15) is 0 Å². The van der Waals surface area contributed by atoms with Crippen LogP contribution in [0.25, 0.3) is 0 Å². The van der Waals surface area contributed by atoms with Gasteiger partial charge in [0.05, 0.1) is 6.54 Å². The van der Waals surface area contributed by atoms with E-state index in [0.29, 0.717) is 6.54 Å². The highest BCUT2D eigenvalue weighted by atomic mass is 79.9. The Hall–Kier alpha value is 0.230. The summed E-state index contributed by atoms with van der Waals surface area (Å²) in [7, 11) is 0. The average Bonchev–Trinajstić information content (AvgIpc) is 2.64. The Morgan fingerprint density at radius 1 is 1.24 bits per heavy atom. The minimum absolute atomic E-state index is 0.0511. The van der Waals surface area contributed by atoms with Gasteiger partial charge in [0.15, 0.2) is 0 Å². The molecule has 0 aromatic rings. The second-order valence-corrected chi connectivity index (χ2v) is 6.02. The van der Waals surface area contributed by atoms with E-state index in [4.69, 9.17) is 0 Å². The molecule has 17 heavy (non-hydrogen) atoms. The van der Waals surface area contributed by atoms with E-state index >= 15 is 0 Å². The fraction of sp³-hybridized carbons (Fsp3) is 1.00. The number of hydrogen-bond donors (Lipinski definition) is 0. The van der Waals surface area contributed by atoms with Crippen LogP contribution in [-0.4, -0.2) is 35.5 Å². The molecule has 0 saturated heterocycles. The van der Waals surface area contributed by atoms with Crippen LogP contribution in [0.3, 0.4) is 0 Å². The summed E-state index contributed by atoms with van der Waals surface area (Å²) >= 11 is 3.48. The number of rotatable bonds is 5. The standard InChI is InChI=1S/C12H21BrF3N/c1-10(2)17(9-12(14,15)16)8-11(7-13)5-3-4-6-11/h10H,3-9H2,1-2H3. The first kappa shape index (κ1) is 15.3. The highest BCUT2D eigenvalue weighted by Gasteiger charge is 2.39. The Morgan fingerprint density at radius 3 is 2.12 bits per heavy atom. The van der Waals surface area contributed by atoms with Crippen LogP contribution >= 0.6 is 15.9 Å². The predicted octanol–water partition coefficient (Wildman–Crippen LogP) is 4.21. The van der Waals surface area contributed by atoms with Crippen molar-refractivity contribution in [2.45, 2.75) is 51.7 Å². The van der Waals surface area contributed by atoms with Crippen molar-refractivity contribution in [2.24, 2.45) is 5.41 Å². The Balaban J connectivity index is 2.65. The van der Waals surface area contributed by atoms with Gasteiger partial charge in [-0.1, -0.05) is 28.8 Å². The molecule has 1 aliphatic rings. The fourth-order valence-corrected chi connectivity index (χ4v) is 3.28. The third kappa shape index (κ3) is 4.78. The third-order valence-corrected chi connectivity index (χ3v) is 4.79. The summed E-state index contributed by atoms with van der Waals surface area (Å²) in [6.45, 7) is 3.43. The van der Waals surface area contributed by atoms with Crippen LogP contribution in [0, 0.1) is 5.41 Å². The van der Waals surface area contributed by atoms with Gasteiger partial charge in [-0.25, -0.2) is 0 Å². The van der Waals surface area contributed by atoms with Crippen LogP contribution in [0.2, 0.25) is 0 Å². The molecule has 0 spiro atoms. The molecule has 0 radical (unpaired) electrons. The molecule has 0 aromatic carbocycles. The topological polar surface area (TPSA) is 3.24 Å². The SMILES string of the molecule is CC(C)N(CC(F)(F)F)CC1(CBr)CCCC1. The summed E-state index contributed by atoms with van der Waals surface area (Å²) in [6.07, 6.45) is 0.266. The molecule has 5 heteroatoms. The molecule has 0 atom stereocenters. The normalized spacial score (nSPS) is 20.5. The van der Waals surface area contributed by atoms with Crippen molar-refractivity contribution in [1.29, 1.82) is 0 Å². The first-order valence-corrected chi connectivity index (χ1v) is 7.27. The van der Waals surface area contributed by atoms with Crippen LogP contribution in [0.4, 0.5) is 13.2 Å². The van der Waals surface area contributed by atoms with Crippen molar-refractivity contribution in [1.82, 2.24) is 4.90 Å². The van der Waals surface area contributed by atoms with Crippen LogP contribution in [0.5, 0.6) is 0 Å². The average molecular weight is 316 g/mol. The summed E-state index contributed by atoms with van der Waals surface area (Å²) in [5, 5.41) is 0.807. The quantitative estimate of drug-likeness (QED) is 0.687. The minimum atomic E-state index is -4.10. The Bertz CT molecular complexity index is 234. The summed E-state index contributed by atoms with van der Waals surface area (Å²) < 4.78 is 37.5.